The highest BCUT2D eigenvalue weighted by Gasteiger charge is 2.19. The van der Waals surface area contributed by atoms with E-state index in [1.54, 1.807) is 19.2 Å². The number of hydrogen-bond donors (Lipinski definition) is 1. The maximum Gasteiger partial charge on any atom is 0.328 e. The summed E-state index contributed by atoms with van der Waals surface area (Å²) in [5, 5.41) is 11.9. The minimum atomic E-state index is -0.497. The number of hydrogen-bond acceptors (Lipinski definition) is 7. The van der Waals surface area contributed by atoms with Gasteiger partial charge in [-0.2, -0.15) is 5.26 Å². The van der Waals surface area contributed by atoms with Crippen LogP contribution in [0, 0.1) is 11.3 Å². The molecule has 9 heteroatoms. The second-order valence-electron chi connectivity index (χ2n) is 7.76. The first kappa shape index (κ1) is 22.7. The molecule has 0 aliphatic carbocycles. The number of aldehydes is 1. The van der Waals surface area contributed by atoms with E-state index in [4.69, 9.17) is 4.74 Å². The molecule has 2 aromatic heterocycles. The SMILES string of the molecule is C=C1CCCN1Cc1ccc(N(C)C(=O)Nc2cc(OC(C)C)c(C#N)cn2)nc1C=O. The van der Waals surface area contributed by atoms with Gasteiger partial charge in [0.05, 0.1) is 12.3 Å². The molecular formula is C23H26N6O3. The molecule has 0 radical (unpaired) electrons. The monoisotopic (exact) mass is 434 g/mol. The van der Waals surface area contributed by atoms with Crippen LogP contribution in [0.3, 0.4) is 0 Å². The highest BCUT2D eigenvalue weighted by molar-refractivity contribution is 6.00. The van der Waals surface area contributed by atoms with Gasteiger partial charge in [-0.25, -0.2) is 14.8 Å². The van der Waals surface area contributed by atoms with Crippen molar-refractivity contribution in [2.45, 2.75) is 39.3 Å². The van der Waals surface area contributed by atoms with Crippen LogP contribution in [-0.4, -0.2) is 46.9 Å². The zero-order valence-corrected chi connectivity index (χ0v) is 18.5. The van der Waals surface area contributed by atoms with Crippen molar-refractivity contribution in [3.63, 3.8) is 0 Å². The van der Waals surface area contributed by atoms with Gasteiger partial charge in [0.2, 0.25) is 0 Å². The summed E-state index contributed by atoms with van der Waals surface area (Å²) in [6.07, 6.45) is 3.91. The summed E-state index contributed by atoms with van der Waals surface area (Å²) in [5.41, 5.74) is 2.40. The molecule has 1 aliphatic rings. The van der Waals surface area contributed by atoms with Crippen LogP contribution >= 0.6 is 0 Å². The predicted octanol–water partition coefficient (Wildman–Crippen LogP) is 3.73. The number of nitriles is 1. The van der Waals surface area contributed by atoms with Gasteiger partial charge < -0.3 is 9.64 Å². The molecule has 1 N–H and O–H groups in total. The van der Waals surface area contributed by atoms with E-state index in [0.717, 1.165) is 30.6 Å². The molecule has 1 fully saturated rings. The van der Waals surface area contributed by atoms with Crippen molar-refractivity contribution in [1.29, 1.82) is 5.26 Å². The van der Waals surface area contributed by atoms with Gasteiger partial charge in [0.25, 0.3) is 0 Å². The summed E-state index contributed by atoms with van der Waals surface area (Å²) in [6.45, 7) is 9.20. The molecule has 0 bridgehead atoms. The lowest BCUT2D eigenvalue weighted by atomic mass is 10.2. The number of nitrogens with zero attached hydrogens (tertiary/aromatic N) is 5. The average molecular weight is 435 g/mol. The van der Waals surface area contributed by atoms with Crippen molar-refractivity contribution in [3.8, 4) is 11.8 Å². The predicted molar refractivity (Wildman–Crippen MR) is 121 cm³/mol. The molecule has 32 heavy (non-hydrogen) atoms. The Hall–Kier alpha value is -3.93. The van der Waals surface area contributed by atoms with Crippen LogP contribution in [0.15, 0.2) is 36.7 Å². The summed E-state index contributed by atoms with van der Waals surface area (Å²) in [7, 11) is 1.55. The van der Waals surface area contributed by atoms with E-state index in [2.05, 4.69) is 26.8 Å². The number of carbonyl (C=O) groups is 2. The molecule has 0 saturated carbocycles. The Kier molecular flexibility index (Phi) is 7.05. The average Bonchev–Trinajstić information content (AvgIpc) is 3.17. The van der Waals surface area contributed by atoms with Gasteiger partial charge >= 0.3 is 6.03 Å². The fourth-order valence-electron chi connectivity index (χ4n) is 3.34. The molecule has 2 aromatic rings. The summed E-state index contributed by atoms with van der Waals surface area (Å²) in [4.78, 5) is 36.2. The second-order valence-corrected chi connectivity index (χ2v) is 7.76. The van der Waals surface area contributed by atoms with Crippen LogP contribution in [0.4, 0.5) is 16.4 Å². The number of likely N-dealkylation sites (tertiary alicyclic amines) is 1. The number of pyridine rings is 2. The van der Waals surface area contributed by atoms with Crippen molar-refractivity contribution in [1.82, 2.24) is 14.9 Å². The minimum Gasteiger partial charge on any atom is -0.489 e. The van der Waals surface area contributed by atoms with Gasteiger partial charge in [0, 0.05) is 37.5 Å². The van der Waals surface area contributed by atoms with Crippen LogP contribution in [0.25, 0.3) is 0 Å². The Morgan fingerprint density at radius 1 is 1.47 bits per heavy atom. The number of aromatic nitrogens is 2. The van der Waals surface area contributed by atoms with E-state index >= 15 is 0 Å². The van der Waals surface area contributed by atoms with E-state index in [1.807, 2.05) is 19.9 Å². The molecule has 166 valence electrons. The fourth-order valence-corrected chi connectivity index (χ4v) is 3.34. The van der Waals surface area contributed by atoms with Crippen molar-refractivity contribution in [2.75, 3.05) is 23.8 Å². The van der Waals surface area contributed by atoms with E-state index < -0.39 is 6.03 Å². The molecule has 3 heterocycles. The minimum absolute atomic E-state index is 0.141. The molecule has 9 nitrogen and oxygen atoms in total. The van der Waals surface area contributed by atoms with Gasteiger partial charge in [-0.1, -0.05) is 12.6 Å². The summed E-state index contributed by atoms with van der Waals surface area (Å²) < 4.78 is 5.62. The highest BCUT2D eigenvalue weighted by Crippen LogP contribution is 2.24. The number of ether oxygens (including phenoxy) is 1. The lowest BCUT2D eigenvalue weighted by Gasteiger charge is -2.21. The van der Waals surface area contributed by atoms with E-state index in [1.165, 1.54) is 17.2 Å². The van der Waals surface area contributed by atoms with Gasteiger partial charge in [0.15, 0.2) is 6.29 Å². The van der Waals surface area contributed by atoms with Crippen molar-refractivity contribution in [2.24, 2.45) is 0 Å². The Bertz CT molecular complexity index is 1080. The Morgan fingerprint density at radius 3 is 2.88 bits per heavy atom. The van der Waals surface area contributed by atoms with Gasteiger partial charge in [-0.3, -0.25) is 15.0 Å². The van der Waals surface area contributed by atoms with Crippen LogP contribution in [0.5, 0.6) is 5.75 Å². The van der Waals surface area contributed by atoms with Crippen LogP contribution < -0.4 is 15.0 Å². The van der Waals surface area contributed by atoms with Gasteiger partial charge in [-0.15, -0.1) is 0 Å². The molecular weight excluding hydrogens is 408 g/mol. The van der Waals surface area contributed by atoms with Crippen LogP contribution in [0.1, 0.15) is 48.3 Å². The Morgan fingerprint density at radius 2 is 2.25 bits per heavy atom. The first-order chi connectivity index (χ1) is 15.3. The number of allylic oxidation sites excluding steroid dienone is 1. The van der Waals surface area contributed by atoms with Crippen LogP contribution in [0.2, 0.25) is 0 Å². The lowest BCUT2D eigenvalue weighted by Crippen LogP contribution is -2.32. The first-order valence-electron chi connectivity index (χ1n) is 10.3. The summed E-state index contributed by atoms with van der Waals surface area (Å²) in [5.74, 6) is 0.891. The normalized spacial score (nSPS) is 13.1. The number of nitrogens with one attached hydrogen (secondary N) is 1. The smallest absolute Gasteiger partial charge is 0.328 e. The maximum atomic E-state index is 12.7. The number of urea groups is 1. The molecule has 0 aromatic carbocycles. The second kappa shape index (κ2) is 9.92. The van der Waals surface area contributed by atoms with Gasteiger partial charge in [-0.05, 0) is 32.8 Å². The Balaban J connectivity index is 1.75. The number of rotatable bonds is 7. The zero-order valence-electron chi connectivity index (χ0n) is 18.5. The Labute approximate surface area is 187 Å². The molecule has 3 rings (SSSR count). The van der Waals surface area contributed by atoms with Crippen LogP contribution in [-0.2, 0) is 6.54 Å². The topological polar surface area (TPSA) is 111 Å². The number of carbonyl (C=O) groups excluding carboxylic acids is 2. The van der Waals surface area contributed by atoms with Crippen molar-refractivity contribution >= 4 is 24.0 Å². The van der Waals surface area contributed by atoms with E-state index in [9.17, 15) is 14.9 Å². The standard InChI is InChI=1S/C23H26N6O3/c1-15(2)32-20-10-21(25-12-18(20)11-24)27-23(31)28(4)22-8-7-17(19(14-30)26-22)13-29-9-5-6-16(29)3/h7-8,10,12,14-15H,3,5-6,9,13H2,1-2,4H3,(H,25,27,31). The third-order valence-electron chi connectivity index (χ3n) is 5.04. The lowest BCUT2D eigenvalue weighted by molar-refractivity contribution is 0.111. The summed E-state index contributed by atoms with van der Waals surface area (Å²) in [6, 6.07) is 6.51. The molecule has 1 saturated heterocycles. The molecule has 0 spiro atoms. The summed E-state index contributed by atoms with van der Waals surface area (Å²) >= 11 is 0. The van der Waals surface area contributed by atoms with Gasteiger partial charge in [0.1, 0.15) is 34.7 Å². The first-order valence-corrected chi connectivity index (χ1v) is 10.3. The largest absolute Gasteiger partial charge is 0.489 e. The zero-order chi connectivity index (χ0) is 23.3. The third-order valence-corrected chi connectivity index (χ3v) is 5.04. The molecule has 2 amide bonds. The third kappa shape index (κ3) is 5.21. The quantitative estimate of drug-likeness (QED) is 0.661. The molecule has 0 unspecified atom stereocenters. The molecule has 1 aliphatic heterocycles. The van der Waals surface area contributed by atoms with E-state index in [0.29, 0.717) is 24.4 Å². The fraction of sp³-hybridized carbons (Fsp3) is 0.348. The number of amides is 2. The highest BCUT2D eigenvalue weighted by atomic mass is 16.5. The molecule has 0 atom stereocenters. The van der Waals surface area contributed by atoms with Crippen molar-refractivity contribution < 1.29 is 14.3 Å². The van der Waals surface area contributed by atoms with E-state index in [-0.39, 0.29) is 23.2 Å². The van der Waals surface area contributed by atoms with Crippen molar-refractivity contribution in [3.05, 3.63) is 53.5 Å². The number of anilines is 2. The maximum absolute atomic E-state index is 12.7.